The fraction of sp³-hybridized carbons (Fsp3) is 0.269. The molecule has 1 aliphatic rings. The molecule has 0 saturated carbocycles. The number of imide groups is 1. The highest BCUT2D eigenvalue weighted by Gasteiger charge is 2.27. The smallest absolute Gasteiger partial charge is 0.414 e. The van der Waals surface area contributed by atoms with Gasteiger partial charge < -0.3 is 10.1 Å². The highest BCUT2D eigenvalue weighted by molar-refractivity contribution is 7.92. The van der Waals surface area contributed by atoms with E-state index in [2.05, 4.69) is 15.4 Å². The van der Waals surface area contributed by atoms with Gasteiger partial charge in [-0.3, -0.25) is 19.6 Å². The van der Waals surface area contributed by atoms with Crippen molar-refractivity contribution in [2.45, 2.75) is 43.9 Å². The summed E-state index contributed by atoms with van der Waals surface area (Å²) in [5.41, 5.74) is 1.53. The summed E-state index contributed by atoms with van der Waals surface area (Å²) in [6, 6.07) is 10.1. The second-order valence-corrected chi connectivity index (χ2v) is 11.3. The maximum Gasteiger partial charge on any atom is 0.414 e. The topological polar surface area (TPSA) is 131 Å². The van der Waals surface area contributed by atoms with E-state index in [-0.39, 0.29) is 28.3 Å². The number of hydrogen-bond acceptors (Lipinski definition) is 7. The second kappa shape index (κ2) is 11.7. The lowest BCUT2D eigenvalue weighted by molar-refractivity contribution is 0.0925. The number of benzene rings is 2. The summed E-state index contributed by atoms with van der Waals surface area (Å²) in [5.74, 6) is -1.69. The van der Waals surface area contributed by atoms with Gasteiger partial charge in [-0.2, -0.15) is 0 Å². The molecule has 3 N–H and O–H groups in total. The van der Waals surface area contributed by atoms with Crippen molar-refractivity contribution in [2.75, 3.05) is 16.6 Å². The van der Waals surface area contributed by atoms with Crippen LogP contribution in [-0.2, 0) is 27.6 Å². The number of halogens is 1. The average Bonchev–Trinajstić information content (AvgIpc) is 3.04. The average molecular weight is 560 g/mol. The molecule has 0 unspecified atom stereocenters. The molecule has 9 nitrogen and oxygen atoms in total. The number of hydrogen-bond donors (Lipinski definition) is 3. The zero-order valence-corrected chi connectivity index (χ0v) is 22.1. The molecule has 1 heterocycles. The second-order valence-electron chi connectivity index (χ2n) is 8.53. The fourth-order valence-electron chi connectivity index (χ4n) is 4.09. The highest BCUT2D eigenvalue weighted by Crippen LogP contribution is 2.38. The van der Waals surface area contributed by atoms with E-state index < -0.39 is 33.7 Å². The number of nitrogens with one attached hydrogen (secondary N) is 3. The van der Waals surface area contributed by atoms with E-state index in [4.69, 9.17) is 4.74 Å². The van der Waals surface area contributed by atoms with Crippen molar-refractivity contribution in [1.29, 1.82) is 0 Å². The van der Waals surface area contributed by atoms with Gasteiger partial charge in [-0.05, 0) is 86.7 Å². The van der Waals surface area contributed by atoms with Crippen LogP contribution in [0.2, 0.25) is 0 Å². The lowest BCUT2D eigenvalue weighted by Gasteiger charge is -2.11. The number of sulfonamides is 1. The molecule has 200 valence electrons. The minimum atomic E-state index is -3.94. The molecule has 0 bridgehead atoms. The monoisotopic (exact) mass is 559 g/mol. The summed E-state index contributed by atoms with van der Waals surface area (Å²) < 4.78 is 45.4. The SMILES string of the molecule is CCOC(=O)NC(=O)c1c(NC(=O)c2ccc(NS(=O)(=O)c3ccc(F)cc3)cc2)sc2c1CCCCC2. The molecular formula is C26H26FN3O6S2. The maximum absolute atomic E-state index is 13.1. The van der Waals surface area contributed by atoms with Crippen LogP contribution in [-0.4, -0.2) is 32.9 Å². The number of aryl methyl sites for hydroxylation is 1. The molecule has 2 aromatic carbocycles. The summed E-state index contributed by atoms with van der Waals surface area (Å²) in [6.45, 7) is 1.74. The molecular weight excluding hydrogens is 533 g/mol. The molecule has 38 heavy (non-hydrogen) atoms. The van der Waals surface area contributed by atoms with E-state index in [1.165, 1.54) is 35.6 Å². The van der Waals surface area contributed by atoms with Crippen molar-refractivity contribution in [3.05, 3.63) is 75.9 Å². The van der Waals surface area contributed by atoms with Crippen molar-refractivity contribution < 1.29 is 31.9 Å². The first-order valence-electron chi connectivity index (χ1n) is 12.0. The number of thiophene rings is 1. The van der Waals surface area contributed by atoms with Crippen molar-refractivity contribution in [3.63, 3.8) is 0 Å². The van der Waals surface area contributed by atoms with Gasteiger partial charge in [0.25, 0.3) is 21.8 Å². The summed E-state index contributed by atoms with van der Waals surface area (Å²) in [4.78, 5) is 38.8. The quantitative estimate of drug-likeness (QED) is 0.346. The van der Waals surface area contributed by atoms with Gasteiger partial charge in [-0.25, -0.2) is 17.6 Å². The van der Waals surface area contributed by atoms with Crippen molar-refractivity contribution >= 4 is 50.0 Å². The van der Waals surface area contributed by atoms with Crippen molar-refractivity contribution in [1.82, 2.24) is 5.32 Å². The summed E-state index contributed by atoms with van der Waals surface area (Å²) in [5, 5.41) is 5.34. The molecule has 3 aromatic rings. The Morgan fingerprint density at radius 1 is 0.947 bits per heavy atom. The third kappa shape index (κ3) is 6.37. The Balaban J connectivity index is 1.52. The number of carbonyl (C=O) groups is 3. The molecule has 0 aliphatic heterocycles. The Morgan fingerprint density at radius 3 is 2.32 bits per heavy atom. The first-order valence-corrected chi connectivity index (χ1v) is 14.3. The molecule has 0 spiro atoms. The number of anilines is 2. The Labute approximate surface area is 223 Å². The molecule has 12 heteroatoms. The zero-order valence-electron chi connectivity index (χ0n) is 20.5. The fourth-order valence-corrected chi connectivity index (χ4v) is 6.43. The minimum Gasteiger partial charge on any atom is -0.450 e. The van der Waals surface area contributed by atoms with Gasteiger partial charge in [0.05, 0.1) is 17.1 Å². The number of amides is 3. The van der Waals surface area contributed by atoms with Crippen LogP contribution < -0.4 is 15.4 Å². The van der Waals surface area contributed by atoms with Crippen LogP contribution in [0.1, 0.15) is 57.3 Å². The molecule has 0 fully saturated rings. The van der Waals surface area contributed by atoms with Crippen LogP contribution in [0.4, 0.5) is 19.9 Å². The van der Waals surface area contributed by atoms with Gasteiger partial charge in [-0.15, -0.1) is 11.3 Å². The Morgan fingerprint density at radius 2 is 1.63 bits per heavy atom. The minimum absolute atomic E-state index is 0.105. The molecule has 4 rings (SSSR count). The molecule has 1 aromatic heterocycles. The van der Waals surface area contributed by atoms with Gasteiger partial charge in [0.15, 0.2) is 0 Å². The first-order chi connectivity index (χ1) is 18.2. The lowest BCUT2D eigenvalue weighted by Crippen LogP contribution is -2.32. The van der Waals surface area contributed by atoms with E-state index in [9.17, 15) is 27.2 Å². The van der Waals surface area contributed by atoms with Crippen LogP contribution in [0.3, 0.4) is 0 Å². The maximum atomic E-state index is 13.1. The zero-order chi connectivity index (χ0) is 27.3. The molecule has 0 saturated heterocycles. The van der Waals surface area contributed by atoms with E-state index in [0.29, 0.717) is 11.4 Å². The van der Waals surface area contributed by atoms with E-state index in [1.807, 2.05) is 0 Å². The third-order valence-electron chi connectivity index (χ3n) is 5.89. The van der Waals surface area contributed by atoms with Crippen LogP contribution >= 0.6 is 11.3 Å². The number of ether oxygens (including phenoxy) is 1. The Kier molecular flexibility index (Phi) is 8.42. The van der Waals surface area contributed by atoms with Gasteiger partial charge in [0.1, 0.15) is 10.8 Å². The van der Waals surface area contributed by atoms with Crippen molar-refractivity contribution in [3.8, 4) is 0 Å². The van der Waals surface area contributed by atoms with Crippen molar-refractivity contribution in [2.24, 2.45) is 0 Å². The normalized spacial score (nSPS) is 13.1. The summed E-state index contributed by atoms with van der Waals surface area (Å²) in [7, 11) is -3.94. The molecule has 0 atom stereocenters. The van der Waals surface area contributed by atoms with Gasteiger partial charge >= 0.3 is 6.09 Å². The van der Waals surface area contributed by atoms with E-state index in [1.54, 1.807) is 6.92 Å². The first kappa shape index (κ1) is 27.3. The van der Waals surface area contributed by atoms with E-state index >= 15 is 0 Å². The molecule has 1 aliphatic carbocycles. The van der Waals surface area contributed by atoms with Gasteiger partial charge in [0, 0.05) is 16.1 Å². The van der Waals surface area contributed by atoms with Gasteiger partial charge in [-0.1, -0.05) is 6.42 Å². The Hall–Kier alpha value is -3.77. The lowest BCUT2D eigenvalue weighted by atomic mass is 10.0. The van der Waals surface area contributed by atoms with Crippen LogP contribution in [0.5, 0.6) is 0 Å². The predicted octanol–water partition coefficient (Wildman–Crippen LogP) is 5.10. The van der Waals surface area contributed by atoms with Gasteiger partial charge in [0.2, 0.25) is 0 Å². The number of alkyl carbamates (subject to hydrolysis) is 1. The summed E-state index contributed by atoms with van der Waals surface area (Å²) >= 11 is 1.31. The molecule has 3 amide bonds. The number of rotatable bonds is 7. The van der Waals surface area contributed by atoms with Crippen LogP contribution in [0, 0.1) is 5.82 Å². The van der Waals surface area contributed by atoms with E-state index in [0.717, 1.165) is 60.4 Å². The standard InChI is InChI=1S/C26H26FN3O6S2/c1-2-36-26(33)29-24(32)22-20-6-4-3-5-7-21(20)37-25(22)28-23(31)16-8-12-18(13-9-16)30-38(34,35)19-14-10-17(27)11-15-19/h8-15,30H,2-7H2,1H3,(H,28,31)(H,29,32,33). The number of carbonyl (C=O) groups excluding carboxylic acids is 3. The predicted molar refractivity (Wildman–Crippen MR) is 142 cm³/mol. The third-order valence-corrected chi connectivity index (χ3v) is 8.49. The molecule has 0 radical (unpaired) electrons. The Bertz CT molecular complexity index is 1450. The summed E-state index contributed by atoms with van der Waals surface area (Å²) in [6.07, 6.45) is 3.47. The van der Waals surface area contributed by atoms with Crippen LogP contribution in [0.15, 0.2) is 53.4 Å². The largest absolute Gasteiger partial charge is 0.450 e. The number of fused-ring (bicyclic) bond motifs is 1. The van der Waals surface area contributed by atoms with Crippen LogP contribution in [0.25, 0.3) is 0 Å². The highest BCUT2D eigenvalue weighted by atomic mass is 32.2.